The van der Waals surface area contributed by atoms with Crippen LogP contribution in [0.5, 0.6) is 0 Å². The minimum Gasteiger partial charge on any atom is -0.317 e. The van der Waals surface area contributed by atoms with Crippen molar-refractivity contribution >= 4 is 34.9 Å². The Labute approximate surface area is 170 Å². The summed E-state index contributed by atoms with van der Waals surface area (Å²) in [4.78, 5) is 14.9. The zero-order valence-corrected chi connectivity index (χ0v) is 16.7. The monoisotopic (exact) mass is 402 g/mol. The molecule has 27 heavy (non-hydrogen) atoms. The summed E-state index contributed by atoms with van der Waals surface area (Å²) in [5, 5.41) is 3.74. The predicted octanol–water partition coefficient (Wildman–Crippen LogP) is 6.49. The lowest BCUT2D eigenvalue weighted by molar-refractivity contribution is 0.0652. The molecule has 0 aromatic heterocycles. The number of nitrogens with one attached hydrogen (secondary N) is 1. The molecule has 2 aliphatic rings. The van der Waals surface area contributed by atoms with Gasteiger partial charge >= 0.3 is 6.03 Å². The molecule has 1 saturated heterocycles. The van der Waals surface area contributed by atoms with Crippen molar-refractivity contribution in [1.82, 2.24) is 4.90 Å². The summed E-state index contributed by atoms with van der Waals surface area (Å²) in [6, 6.07) is 17.2. The highest BCUT2D eigenvalue weighted by molar-refractivity contribution is 6.31. The van der Waals surface area contributed by atoms with E-state index >= 15 is 0 Å². The molecule has 2 amide bonds. The van der Waals surface area contributed by atoms with Gasteiger partial charge in [-0.1, -0.05) is 60.8 Å². The van der Waals surface area contributed by atoms with E-state index in [0.717, 1.165) is 43.4 Å². The molecule has 1 N–H and O–H groups in total. The summed E-state index contributed by atoms with van der Waals surface area (Å²) in [5.74, 6) is 0.211. The van der Waals surface area contributed by atoms with Gasteiger partial charge in [-0.25, -0.2) is 4.79 Å². The second-order valence-corrected chi connectivity index (χ2v) is 8.75. The average Bonchev–Trinajstić information content (AvgIpc) is 2.68. The minimum atomic E-state index is -0.244. The van der Waals surface area contributed by atoms with Crippen molar-refractivity contribution in [2.45, 2.75) is 43.0 Å². The maximum absolute atomic E-state index is 13.2. The van der Waals surface area contributed by atoms with Crippen molar-refractivity contribution in [2.24, 2.45) is 5.92 Å². The number of urea groups is 1. The van der Waals surface area contributed by atoms with E-state index in [4.69, 9.17) is 23.2 Å². The van der Waals surface area contributed by atoms with E-state index in [9.17, 15) is 4.79 Å². The van der Waals surface area contributed by atoms with E-state index in [-0.39, 0.29) is 22.9 Å². The van der Waals surface area contributed by atoms with Crippen LogP contribution in [0.2, 0.25) is 5.02 Å². The Morgan fingerprint density at radius 2 is 1.78 bits per heavy atom. The zero-order valence-electron chi connectivity index (χ0n) is 15.2. The molecule has 142 valence electrons. The van der Waals surface area contributed by atoms with Crippen molar-refractivity contribution in [3.05, 3.63) is 65.2 Å². The van der Waals surface area contributed by atoms with Crippen LogP contribution in [-0.2, 0) is 0 Å². The van der Waals surface area contributed by atoms with Gasteiger partial charge in [-0.3, -0.25) is 0 Å². The first kappa shape index (κ1) is 18.6. The Balaban J connectivity index is 1.69. The molecule has 5 heteroatoms. The number of halogens is 2. The Morgan fingerprint density at radius 3 is 2.56 bits per heavy atom. The normalized spacial score (nSPS) is 27.7. The largest absolute Gasteiger partial charge is 0.322 e. The molecular formula is C22H24Cl2N2O. The number of alkyl halides is 1. The quantitative estimate of drug-likeness (QED) is 0.572. The summed E-state index contributed by atoms with van der Waals surface area (Å²) < 4.78 is 0. The third kappa shape index (κ3) is 3.68. The van der Waals surface area contributed by atoms with Crippen molar-refractivity contribution in [1.29, 1.82) is 0 Å². The summed E-state index contributed by atoms with van der Waals surface area (Å²) in [6.45, 7) is 0.633. The number of carbonyl (C=O) groups is 1. The molecule has 1 aliphatic carbocycles. The number of para-hydroxylation sites is 1. The molecule has 3 nitrogen and oxygen atoms in total. The van der Waals surface area contributed by atoms with Crippen LogP contribution in [-0.4, -0.2) is 22.3 Å². The molecule has 1 aliphatic heterocycles. The summed E-state index contributed by atoms with van der Waals surface area (Å²) >= 11 is 13.7. The van der Waals surface area contributed by atoms with E-state index in [2.05, 4.69) is 5.32 Å². The summed E-state index contributed by atoms with van der Waals surface area (Å²) in [5.41, 5.74) is 1.80. The van der Waals surface area contributed by atoms with Gasteiger partial charge in [-0.2, -0.15) is 0 Å². The second kappa shape index (κ2) is 7.73. The smallest absolute Gasteiger partial charge is 0.317 e. The van der Waals surface area contributed by atoms with Gasteiger partial charge in [-0.15, -0.1) is 11.6 Å². The fourth-order valence-corrected chi connectivity index (χ4v) is 5.38. The average molecular weight is 403 g/mol. The minimum absolute atomic E-state index is 0.0876. The van der Waals surface area contributed by atoms with Crippen LogP contribution < -0.4 is 5.32 Å². The number of piperidine rings is 1. The van der Waals surface area contributed by atoms with E-state index in [1.165, 1.54) is 0 Å². The highest BCUT2D eigenvalue weighted by Gasteiger charge is 2.50. The van der Waals surface area contributed by atoms with Crippen LogP contribution in [0.25, 0.3) is 0 Å². The number of likely N-dealkylation sites (tertiary alicyclic amines) is 1. The molecule has 2 aromatic carbocycles. The van der Waals surface area contributed by atoms with E-state index in [0.29, 0.717) is 11.6 Å². The molecule has 1 heterocycles. The molecule has 0 bridgehead atoms. The van der Waals surface area contributed by atoms with Crippen molar-refractivity contribution in [3.63, 3.8) is 0 Å². The number of carbonyl (C=O) groups excluding carboxylic acids is 1. The van der Waals surface area contributed by atoms with E-state index < -0.39 is 0 Å². The molecule has 2 fully saturated rings. The molecular weight excluding hydrogens is 379 g/mol. The van der Waals surface area contributed by atoms with Crippen LogP contribution in [0.15, 0.2) is 54.6 Å². The van der Waals surface area contributed by atoms with Gasteiger partial charge in [0.1, 0.15) is 0 Å². The maximum Gasteiger partial charge on any atom is 0.322 e. The van der Waals surface area contributed by atoms with Crippen molar-refractivity contribution in [3.8, 4) is 0 Å². The number of rotatable bonds is 2. The lowest BCUT2D eigenvalue weighted by Gasteiger charge is -2.52. The Hall–Kier alpha value is -1.71. The van der Waals surface area contributed by atoms with Crippen LogP contribution in [0, 0.1) is 5.92 Å². The Bertz CT molecular complexity index is 813. The molecule has 3 atom stereocenters. The predicted molar refractivity (Wildman–Crippen MR) is 112 cm³/mol. The van der Waals surface area contributed by atoms with E-state index in [1.54, 1.807) is 0 Å². The first-order chi connectivity index (χ1) is 13.1. The van der Waals surface area contributed by atoms with Gasteiger partial charge < -0.3 is 10.2 Å². The highest BCUT2D eigenvalue weighted by atomic mass is 35.5. The molecule has 2 aromatic rings. The fourth-order valence-electron chi connectivity index (χ4n) is 4.69. The van der Waals surface area contributed by atoms with Gasteiger partial charge in [0.05, 0.1) is 10.9 Å². The molecule has 0 radical (unpaired) electrons. The number of fused-ring (bicyclic) bond motifs is 1. The number of anilines is 1. The van der Waals surface area contributed by atoms with Crippen LogP contribution in [0.4, 0.5) is 10.5 Å². The number of amides is 2. The fraction of sp³-hybridized carbons (Fsp3) is 0.409. The Morgan fingerprint density at radius 1 is 1.04 bits per heavy atom. The van der Waals surface area contributed by atoms with Crippen LogP contribution in [0.1, 0.15) is 43.7 Å². The molecule has 4 rings (SSSR count). The third-order valence-electron chi connectivity index (χ3n) is 6.02. The molecule has 3 unspecified atom stereocenters. The first-order valence-corrected chi connectivity index (χ1v) is 10.4. The highest BCUT2D eigenvalue weighted by Crippen LogP contribution is 2.53. The topological polar surface area (TPSA) is 32.3 Å². The van der Waals surface area contributed by atoms with Crippen molar-refractivity contribution < 1.29 is 4.79 Å². The second-order valence-electron chi connectivity index (χ2n) is 7.59. The summed E-state index contributed by atoms with van der Waals surface area (Å²) in [6.07, 6.45) is 5.16. The lowest BCUT2D eigenvalue weighted by atomic mass is 9.68. The van der Waals surface area contributed by atoms with Crippen LogP contribution in [0.3, 0.4) is 0 Å². The number of benzene rings is 2. The molecule has 1 saturated carbocycles. The summed E-state index contributed by atoms with van der Waals surface area (Å²) in [7, 11) is 0. The standard InChI is InChI=1S/C22H24Cl2N2O/c23-19-12-5-4-10-17(19)20-18-11-6-7-13-22(18,24)14-15-26(20)21(27)25-16-8-2-1-3-9-16/h1-5,8-10,12,18,20H,6-7,11,13-15H2,(H,25,27). The lowest BCUT2D eigenvalue weighted by Crippen LogP contribution is -2.54. The van der Waals surface area contributed by atoms with Gasteiger partial charge in [-0.05, 0) is 43.0 Å². The Kier molecular flexibility index (Phi) is 5.34. The third-order valence-corrected chi connectivity index (χ3v) is 7.02. The van der Waals surface area contributed by atoms with Crippen LogP contribution >= 0.6 is 23.2 Å². The van der Waals surface area contributed by atoms with Gasteiger partial charge in [0, 0.05) is 23.2 Å². The zero-order chi connectivity index (χ0) is 18.9. The van der Waals surface area contributed by atoms with E-state index in [1.807, 2.05) is 59.5 Å². The van der Waals surface area contributed by atoms with Gasteiger partial charge in [0.2, 0.25) is 0 Å². The molecule has 0 spiro atoms. The van der Waals surface area contributed by atoms with Gasteiger partial charge in [0.25, 0.3) is 0 Å². The van der Waals surface area contributed by atoms with Crippen molar-refractivity contribution in [2.75, 3.05) is 11.9 Å². The number of hydrogen-bond donors (Lipinski definition) is 1. The SMILES string of the molecule is O=C(Nc1ccccc1)N1CCC2(Cl)CCCCC2C1c1ccccc1Cl. The maximum atomic E-state index is 13.2. The van der Waals surface area contributed by atoms with Gasteiger partial charge in [0.15, 0.2) is 0 Å². The first-order valence-electron chi connectivity index (χ1n) is 9.64. The number of nitrogens with zero attached hydrogens (tertiary/aromatic N) is 1. The number of hydrogen-bond acceptors (Lipinski definition) is 1.